The van der Waals surface area contributed by atoms with Crippen molar-refractivity contribution in [3.8, 4) is 0 Å². The Morgan fingerprint density at radius 1 is 1.10 bits per heavy atom. The van der Waals surface area contributed by atoms with E-state index in [1.165, 1.54) is 71.1 Å². The predicted molar refractivity (Wildman–Crippen MR) is 85.1 cm³/mol. The fourth-order valence-electron chi connectivity index (χ4n) is 4.90. The topological polar surface area (TPSA) is 18.5 Å². The number of nitrogens with one attached hydrogen (secondary N) is 1. The van der Waals surface area contributed by atoms with E-state index in [4.69, 9.17) is 0 Å². The van der Waals surface area contributed by atoms with Crippen molar-refractivity contribution in [1.82, 2.24) is 15.1 Å². The summed E-state index contributed by atoms with van der Waals surface area (Å²) in [6.45, 7) is 8.60. The molecule has 3 nitrogen and oxygen atoms in total. The summed E-state index contributed by atoms with van der Waals surface area (Å²) in [6, 6.07) is 1.71. The Morgan fingerprint density at radius 2 is 1.85 bits per heavy atom. The molecule has 0 aromatic rings. The largest absolute Gasteiger partial charge is 0.316 e. The average molecular weight is 279 g/mol. The molecule has 0 aromatic carbocycles. The number of hydrogen-bond donors (Lipinski definition) is 1. The van der Waals surface area contributed by atoms with Crippen molar-refractivity contribution in [2.45, 2.75) is 64.0 Å². The Kier molecular flexibility index (Phi) is 4.68. The lowest BCUT2D eigenvalue weighted by atomic mass is 9.85. The third-order valence-corrected chi connectivity index (χ3v) is 6.21. The van der Waals surface area contributed by atoms with Crippen LogP contribution in [0.5, 0.6) is 0 Å². The van der Waals surface area contributed by atoms with Crippen molar-refractivity contribution < 1.29 is 0 Å². The second-order valence-electron chi connectivity index (χ2n) is 7.56. The normalized spacial score (nSPS) is 34.5. The average Bonchev–Trinajstić information content (AvgIpc) is 2.98. The molecule has 1 N–H and O–H groups in total. The van der Waals surface area contributed by atoms with E-state index in [0.29, 0.717) is 5.41 Å². The van der Waals surface area contributed by atoms with Gasteiger partial charge in [0.05, 0.1) is 0 Å². The molecule has 2 atom stereocenters. The highest BCUT2D eigenvalue weighted by atomic mass is 15.3. The Labute approximate surface area is 125 Å². The molecule has 1 saturated carbocycles. The fraction of sp³-hybridized carbons (Fsp3) is 1.00. The molecule has 0 radical (unpaired) electrons. The molecule has 2 saturated heterocycles. The summed E-state index contributed by atoms with van der Waals surface area (Å²) in [5.74, 6) is 0. The Hall–Kier alpha value is -0.120. The molecule has 0 aromatic heterocycles. The lowest BCUT2D eigenvalue weighted by molar-refractivity contribution is 0.137. The van der Waals surface area contributed by atoms with Gasteiger partial charge in [-0.2, -0.15) is 0 Å². The molecule has 1 aliphatic carbocycles. The summed E-state index contributed by atoms with van der Waals surface area (Å²) in [5.41, 5.74) is 0.582. The van der Waals surface area contributed by atoms with Gasteiger partial charge in [-0.3, -0.25) is 4.90 Å². The molecule has 2 aliphatic heterocycles. The van der Waals surface area contributed by atoms with Crippen molar-refractivity contribution in [1.29, 1.82) is 0 Å². The summed E-state index contributed by atoms with van der Waals surface area (Å²) in [6.07, 6.45) is 10.1. The van der Waals surface area contributed by atoms with Crippen LogP contribution in [0.25, 0.3) is 0 Å². The van der Waals surface area contributed by atoms with Crippen LogP contribution in [0.2, 0.25) is 0 Å². The number of fused-ring (bicyclic) bond motifs is 2. The molecule has 0 spiro atoms. The van der Waals surface area contributed by atoms with Crippen LogP contribution in [0.1, 0.15) is 51.9 Å². The van der Waals surface area contributed by atoms with Gasteiger partial charge in [0.1, 0.15) is 0 Å². The van der Waals surface area contributed by atoms with E-state index in [9.17, 15) is 0 Å². The van der Waals surface area contributed by atoms with E-state index < -0.39 is 0 Å². The van der Waals surface area contributed by atoms with Gasteiger partial charge in [0, 0.05) is 31.7 Å². The van der Waals surface area contributed by atoms with Crippen molar-refractivity contribution in [2.75, 3.05) is 39.8 Å². The first kappa shape index (κ1) is 14.8. The maximum Gasteiger partial charge on any atom is 0.0223 e. The van der Waals surface area contributed by atoms with E-state index in [1.807, 2.05) is 0 Å². The van der Waals surface area contributed by atoms with Crippen molar-refractivity contribution in [3.63, 3.8) is 0 Å². The van der Waals surface area contributed by atoms with Crippen LogP contribution in [0, 0.1) is 5.41 Å². The van der Waals surface area contributed by atoms with E-state index in [0.717, 1.165) is 18.6 Å². The van der Waals surface area contributed by atoms with Crippen LogP contribution in [0.15, 0.2) is 0 Å². The summed E-state index contributed by atoms with van der Waals surface area (Å²) in [4.78, 5) is 5.48. The highest BCUT2D eigenvalue weighted by Gasteiger charge is 2.39. The van der Waals surface area contributed by atoms with Gasteiger partial charge in [-0.05, 0) is 57.7 Å². The highest BCUT2D eigenvalue weighted by molar-refractivity contribution is 4.95. The van der Waals surface area contributed by atoms with Crippen molar-refractivity contribution in [2.24, 2.45) is 5.41 Å². The van der Waals surface area contributed by atoms with Gasteiger partial charge in [-0.15, -0.1) is 0 Å². The third-order valence-electron chi connectivity index (χ3n) is 6.21. The maximum atomic E-state index is 3.64. The van der Waals surface area contributed by atoms with E-state index >= 15 is 0 Å². The van der Waals surface area contributed by atoms with Crippen LogP contribution in [-0.2, 0) is 0 Å². The summed E-state index contributed by atoms with van der Waals surface area (Å²) < 4.78 is 0. The molecule has 20 heavy (non-hydrogen) atoms. The quantitative estimate of drug-likeness (QED) is 0.833. The fourth-order valence-corrected chi connectivity index (χ4v) is 4.90. The summed E-state index contributed by atoms with van der Waals surface area (Å²) in [5, 5.41) is 3.64. The Balaban J connectivity index is 1.61. The number of nitrogens with zero attached hydrogens (tertiary/aromatic N) is 2. The molecule has 3 heteroatoms. The zero-order valence-electron chi connectivity index (χ0n) is 13.5. The minimum absolute atomic E-state index is 0.582. The second kappa shape index (κ2) is 6.33. The molecule has 2 bridgehead atoms. The first-order chi connectivity index (χ1) is 9.72. The Morgan fingerprint density at radius 3 is 2.60 bits per heavy atom. The first-order valence-corrected chi connectivity index (χ1v) is 8.87. The van der Waals surface area contributed by atoms with Gasteiger partial charge in [0.25, 0.3) is 0 Å². The number of likely N-dealkylation sites (tertiary alicyclic amines) is 1. The lowest BCUT2D eigenvalue weighted by Gasteiger charge is -2.36. The molecular weight excluding hydrogens is 246 g/mol. The van der Waals surface area contributed by atoms with E-state index in [2.05, 4.69) is 29.1 Å². The molecule has 3 fully saturated rings. The predicted octanol–water partition coefficient (Wildman–Crippen LogP) is 2.32. The Bertz CT molecular complexity index is 311. The number of likely N-dealkylation sites (N-methyl/N-ethyl adjacent to an activating group) is 1. The lowest BCUT2D eigenvalue weighted by Crippen LogP contribution is -2.45. The molecule has 3 aliphatic rings. The molecule has 0 amide bonds. The standard InChI is InChI=1S/C17H33N3/c1-3-18-13-17(9-4-5-10-17)14-20-11-8-15-6-7-16(12-20)19(15)2/h15-16,18H,3-14H2,1-2H3. The van der Waals surface area contributed by atoms with Gasteiger partial charge >= 0.3 is 0 Å². The van der Waals surface area contributed by atoms with Crippen LogP contribution in [-0.4, -0.2) is 61.7 Å². The SMILES string of the molecule is CCNCC1(CN2CCC3CCC(C2)N3C)CCCC1. The zero-order chi connectivity index (χ0) is 14.0. The monoisotopic (exact) mass is 279 g/mol. The first-order valence-electron chi connectivity index (χ1n) is 8.87. The number of hydrogen-bond acceptors (Lipinski definition) is 3. The van der Waals surface area contributed by atoms with Gasteiger partial charge in [-0.1, -0.05) is 19.8 Å². The van der Waals surface area contributed by atoms with E-state index in [-0.39, 0.29) is 0 Å². The van der Waals surface area contributed by atoms with Gasteiger partial charge < -0.3 is 10.2 Å². The minimum atomic E-state index is 0.582. The molecule has 3 rings (SSSR count). The van der Waals surface area contributed by atoms with E-state index in [1.54, 1.807) is 0 Å². The van der Waals surface area contributed by atoms with Crippen LogP contribution < -0.4 is 5.32 Å². The molecule has 2 unspecified atom stereocenters. The highest BCUT2D eigenvalue weighted by Crippen LogP contribution is 2.39. The van der Waals surface area contributed by atoms with Gasteiger partial charge in [0.2, 0.25) is 0 Å². The third kappa shape index (κ3) is 3.05. The zero-order valence-corrected chi connectivity index (χ0v) is 13.5. The van der Waals surface area contributed by atoms with Crippen molar-refractivity contribution in [3.05, 3.63) is 0 Å². The van der Waals surface area contributed by atoms with Crippen LogP contribution in [0.4, 0.5) is 0 Å². The second-order valence-corrected chi connectivity index (χ2v) is 7.56. The minimum Gasteiger partial charge on any atom is -0.316 e. The number of rotatable bonds is 5. The van der Waals surface area contributed by atoms with Crippen molar-refractivity contribution >= 4 is 0 Å². The van der Waals surface area contributed by atoms with Gasteiger partial charge in [-0.25, -0.2) is 0 Å². The summed E-state index contributed by atoms with van der Waals surface area (Å²) in [7, 11) is 2.36. The molecular formula is C17H33N3. The van der Waals surface area contributed by atoms with Gasteiger partial charge in [0.15, 0.2) is 0 Å². The smallest absolute Gasteiger partial charge is 0.0223 e. The van der Waals surface area contributed by atoms with Crippen LogP contribution in [0.3, 0.4) is 0 Å². The maximum absolute atomic E-state index is 3.64. The summed E-state index contributed by atoms with van der Waals surface area (Å²) >= 11 is 0. The van der Waals surface area contributed by atoms with Crippen LogP contribution >= 0.6 is 0 Å². The molecule has 116 valence electrons. The molecule has 2 heterocycles.